The van der Waals surface area contributed by atoms with E-state index in [1.165, 1.54) is 0 Å². The van der Waals surface area contributed by atoms with Crippen LogP contribution in [-0.4, -0.2) is 43.5 Å². The van der Waals surface area contributed by atoms with E-state index in [4.69, 9.17) is 5.73 Å². The molecule has 1 aromatic carbocycles. The summed E-state index contributed by atoms with van der Waals surface area (Å²) in [5.74, 6) is 6.84. The molecule has 3 N–H and O–H groups in total. The van der Waals surface area contributed by atoms with Crippen LogP contribution in [0.1, 0.15) is 23.9 Å². The van der Waals surface area contributed by atoms with Gasteiger partial charge in [-0.2, -0.15) is 5.10 Å². The topological polar surface area (TPSA) is 103 Å². The van der Waals surface area contributed by atoms with Gasteiger partial charge in [0.1, 0.15) is 23.4 Å². The number of aromatic nitrogens is 5. The van der Waals surface area contributed by atoms with E-state index in [9.17, 15) is 4.79 Å². The molecular formula is C28H27N7O. The Kier molecular flexibility index (Phi) is 7.54. The van der Waals surface area contributed by atoms with Gasteiger partial charge < -0.3 is 15.8 Å². The number of aldehydes is 1. The summed E-state index contributed by atoms with van der Waals surface area (Å²) >= 11 is 0. The molecule has 0 spiro atoms. The summed E-state index contributed by atoms with van der Waals surface area (Å²) in [4.78, 5) is 18.8. The lowest BCUT2D eigenvalue weighted by Gasteiger charge is -2.06. The highest BCUT2D eigenvalue weighted by Gasteiger charge is 2.14. The molecule has 5 rings (SSSR count). The number of imidazole rings is 1. The van der Waals surface area contributed by atoms with Crippen LogP contribution in [0.15, 0.2) is 79.3 Å². The van der Waals surface area contributed by atoms with Crippen molar-refractivity contribution in [2.45, 2.75) is 19.9 Å². The van der Waals surface area contributed by atoms with Gasteiger partial charge in [-0.15, -0.1) is 0 Å². The first-order chi connectivity index (χ1) is 17.5. The molecule has 8 heteroatoms. The normalized spacial score (nSPS) is 11.2. The second kappa shape index (κ2) is 11.1. The molecule has 36 heavy (non-hydrogen) atoms. The lowest BCUT2D eigenvalue weighted by atomic mass is 10.1. The molecule has 8 nitrogen and oxygen atoms in total. The van der Waals surface area contributed by atoms with E-state index in [1.54, 1.807) is 26.2 Å². The van der Waals surface area contributed by atoms with Gasteiger partial charge in [-0.25, -0.2) is 14.6 Å². The number of nitrogens with one attached hydrogen (secondary N) is 1. The molecule has 1 atom stereocenters. The molecule has 0 fully saturated rings. The van der Waals surface area contributed by atoms with Crippen molar-refractivity contribution >= 4 is 17.8 Å². The summed E-state index contributed by atoms with van der Waals surface area (Å²) in [7, 11) is 1.75. The van der Waals surface area contributed by atoms with Crippen molar-refractivity contribution in [2.24, 2.45) is 0 Å². The molecule has 5 aromatic rings. The smallest absolute Gasteiger partial charge is 0.137 e. The van der Waals surface area contributed by atoms with Crippen molar-refractivity contribution in [3.63, 3.8) is 0 Å². The summed E-state index contributed by atoms with van der Waals surface area (Å²) in [6.07, 6.45) is 6.51. The number of carbonyl (C=O) groups excluding carboxylic acids is 1. The standard InChI is InChI=1S/C24H18N6.C4H9NO/c1-17-24(29-15-3-2-5-23(29)27-17)20-11-13-22(25)28-21(20)12-8-18-6-9-19(10-7-18)30-16-4-14-26-30;1-4(3-6)5-2/h2-7,9-11,13-16H,1H3,(H2,25,28);3-5H,1-2H3. The van der Waals surface area contributed by atoms with Gasteiger partial charge >= 0.3 is 0 Å². The molecule has 0 aliphatic heterocycles. The van der Waals surface area contributed by atoms with Gasteiger partial charge in [0.25, 0.3) is 0 Å². The first-order valence-corrected chi connectivity index (χ1v) is 11.5. The van der Waals surface area contributed by atoms with Crippen molar-refractivity contribution < 1.29 is 4.79 Å². The number of pyridine rings is 2. The van der Waals surface area contributed by atoms with Crippen LogP contribution in [0, 0.1) is 18.8 Å². The van der Waals surface area contributed by atoms with E-state index in [0.29, 0.717) is 11.5 Å². The molecule has 0 aliphatic rings. The van der Waals surface area contributed by atoms with Crippen molar-refractivity contribution in [1.29, 1.82) is 0 Å². The largest absolute Gasteiger partial charge is 0.384 e. The quantitative estimate of drug-likeness (QED) is 0.302. The Morgan fingerprint density at radius 3 is 2.47 bits per heavy atom. The fraction of sp³-hybridized carbons (Fsp3) is 0.143. The highest BCUT2D eigenvalue weighted by Crippen LogP contribution is 2.27. The first kappa shape index (κ1) is 24.4. The molecule has 0 bridgehead atoms. The number of nitrogen functional groups attached to an aromatic ring is 1. The number of rotatable bonds is 4. The highest BCUT2D eigenvalue weighted by molar-refractivity contribution is 5.73. The van der Waals surface area contributed by atoms with Crippen LogP contribution in [0.5, 0.6) is 0 Å². The lowest BCUT2D eigenvalue weighted by molar-refractivity contribution is -0.109. The summed E-state index contributed by atoms with van der Waals surface area (Å²) in [5, 5.41) is 6.99. The van der Waals surface area contributed by atoms with Crippen LogP contribution >= 0.6 is 0 Å². The van der Waals surface area contributed by atoms with Gasteiger partial charge in [-0.1, -0.05) is 12.0 Å². The molecule has 180 valence electrons. The number of nitrogens with zero attached hydrogens (tertiary/aromatic N) is 5. The maximum atomic E-state index is 9.67. The fourth-order valence-electron chi connectivity index (χ4n) is 3.52. The Bertz CT molecular complexity index is 1520. The van der Waals surface area contributed by atoms with E-state index < -0.39 is 0 Å². The number of nitrogens with two attached hydrogens (primary N) is 1. The summed E-state index contributed by atoms with van der Waals surface area (Å²) in [6.45, 7) is 3.79. The van der Waals surface area contributed by atoms with Gasteiger partial charge in [0.05, 0.1) is 23.1 Å². The van der Waals surface area contributed by atoms with Crippen LogP contribution < -0.4 is 11.1 Å². The van der Waals surface area contributed by atoms with Crippen LogP contribution in [-0.2, 0) is 4.79 Å². The van der Waals surface area contributed by atoms with E-state index in [0.717, 1.165) is 40.1 Å². The number of aryl methyl sites for hydroxylation is 1. The minimum absolute atomic E-state index is 0.00463. The summed E-state index contributed by atoms with van der Waals surface area (Å²) < 4.78 is 3.86. The molecule has 0 radical (unpaired) electrons. The SMILES string of the molecule is CNC(C)C=O.Cc1nc2ccccn2c1-c1ccc(N)nc1C#Cc1ccc(-n2cccn2)cc1. The van der Waals surface area contributed by atoms with Crippen LogP contribution in [0.3, 0.4) is 0 Å². The molecular weight excluding hydrogens is 450 g/mol. The van der Waals surface area contributed by atoms with Gasteiger partial charge in [0, 0.05) is 29.7 Å². The zero-order chi connectivity index (χ0) is 25.5. The Labute approximate surface area is 209 Å². The van der Waals surface area contributed by atoms with Gasteiger partial charge in [0.2, 0.25) is 0 Å². The maximum Gasteiger partial charge on any atom is 0.137 e. The second-order valence-corrected chi connectivity index (χ2v) is 8.07. The third kappa shape index (κ3) is 5.49. The first-order valence-electron chi connectivity index (χ1n) is 11.5. The molecule has 4 heterocycles. The fourth-order valence-corrected chi connectivity index (χ4v) is 3.52. The van der Waals surface area contributed by atoms with E-state index in [1.807, 2.05) is 83.0 Å². The molecule has 0 saturated heterocycles. The predicted molar refractivity (Wildman–Crippen MR) is 142 cm³/mol. The van der Waals surface area contributed by atoms with Crippen LogP contribution in [0.25, 0.3) is 22.6 Å². The summed E-state index contributed by atoms with van der Waals surface area (Å²) in [6, 6.07) is 19.5. The number of anilines is 1. The molecule has 0 aliphatic carbocycles. The Morgan fingerprint density at radius 1 is 1.00 bits per heavy atom. The Balaban J connectivity index is 0.000000455. The molecule has 0 amide bonds. The number of likely N-dealkylation sites (N-methyl/N-ethyl adjacent to an activating group) is 1. The minimum atomic E-state index is 0.00463. The minimum Gasteiger partial charge on any atom is -0.384 e. The van der Waals surface area contributed by atoms with Gasteiger partial charge in [-0.3, -0.25) is 4.40 Å². The summed E-state index contributed by atoms with van der Waals surface area (Å²) in [5.41, 5.74) is 12.1. The van der Waals surface area contributed by atoms with Crippen molar-refractivity contribution in [3.8, 4) is 28.8 Å². The van der Waals surface area contributed by atoms with Crippen molar-refractivity contribution in [3.05, 3.63) is 96.2 Å². The van der Waals surface area contributed by atoms with E-state index in [2.05, 4.69) is 32.2 Å². The van der Waals surface area contributed by atoms with Gasteiger partial charge in [-0.05, 0) is 81.4 Å². The van der Waals surface area contributed by atoms with Crippen molar-refractivity contribution in [2.75, 3.05) is 12.8 Å². The van der Waals surface area contributed by atoms with Crippen molar-refractivity contribution in [1.82, 2.24) is 29.5 Å². The molecule has 0 saturated carbocycles. The molecule has 4 aromatic heterocycles. The van der Waals surface area contributed by atoms with Gasteiger partial charge in [0.15, 0.2) is 0 Å². The monoisotopic (exact) mass is 477 g/mol. The zero-order valence-electron chi connectivity index (χ0n) is 20.4. The number of fused-ring (bicyclic) bond motifs is 1. The average molecular weight is 478 g/mol. The number of carbonyl (C=O) groups is 1. The van der Waals surface area contributed by atoms with E-state index in [-0.39, 0.29) is 6.04 Å². The predicted octanol–water partition coefficient (Wildman–Crippen LogP) is 3.67. The maximum absolute atomic E-state index is 9.67. The number of hydrogen-bond acceptors (Lipinski definition) is 6. The number of benzene rings is 1. The molecule has 1 unspecified atom stereocenters. The Hall–Kier alpha value is -4.74. The number of hydrogen-bond donors (Lipinski definition) is 2. The van der Waals surface area contributed by atoms with E-state index >= 15 is 0 Å². The second-order valence-electron chi connectivity index (χ2n) is 8.07. The third-order valence-corrected chi connectivity index (χ3v) is 5.50. The zero-order valence-corrected chi connectivity index (χ0v) is 20.4. The van der Waals surface area contributed by atoms with Crippen LogP contribution in [0.4, 0.5) is 5.82 Å². The Morgan fingerprint density at radius 2 is 1.81 bits per heavy atom. The van der Waals surface area contributed by atoms with Crippen LogP contribution in [0.2, 0.25) is 0 Å². The average Bonchev–Trinajstić information content (AvgIpc) is 3.56. The lowest BCUT2D eigenvalue weighted by Crippen LogP contribution is -2.21. The third-order valence-electron chi connectivity index (χ3n) is 5.50. The highest BCUT2D eigenvalue weighted by atomic mass is 16.1.